The van der Waals surface area contributed by atoms with Gasteiger partial charge in [0.25, 0.3) is 11.8 Å². The molecule has 1 aliphatic carbocycles. The molecule has 34 heavy (non-hydrogen) atoms. The Morgan fingerprint density at radius 2 is 2.03 bits per heavy atom. The molecule has 0 spiro atoms. The van der Waals surface area contributed by atoms with Gasteiger partial charge in [0.2, 0.25) is 5.88 Å². The summed E-state index contributed by atoms with van der Waals surface area (Å²) in [5.74, 6) is -0.375. The lowest BCUT2D eigenvalue weighted by molar-refractivity contribution is -0.117. The summed E-state index contributed by atoms with van der Waals surface area (Å²) in [7, 11) is 3.06. The number of amides is 2. The van der Waals surface area contributed by atoms with E-state index in [1.54, 1.807) is 25.4 Å². The number of aliphatic imine (C=N–C) groups is 1. The molecule has 0 unspecified atom stereocenters. The third-order valence-corrected chi connectivity index (χ3v) is 5.31. The first-order valence-electron chi connectivity index (χ1n) is 10.7. The predicted molar refractivity (Wildman–Crippen MR) is 132 cm³/mol. The minimum Gasteiger partial charge on any atom is -0.480 e. The van der Waals surface area contributed by atoms with Crippen LogP contribution in [-0.4, -0.2) is 52.5 Å². The fraction of sp³-hybridized carbons (Fsp3) is 0.292. The number of rotatable bonds is 6. The molecular weight excluding hydrogens is 456 g/mol. The highest BCUT2D eigenvalue weighted by molar-refractivity contribution is 6.32. The summed E-state index contributed by atoms with van der Waals surface area (Å²) in [6.45, 7) is 7.42. The number of ether oxygens (including phenoxy) is 1. The maximum absolute atomic E-state index is 13.5. The number of methoxy groups -OCH3 is 1. The summed E-state index contributed by atoms with van der Waals surface area (Å²) < 4.78 is 6.53. The van der Waals surface area contributed by atoms with E-state index in [2.05, 4.69) is 25.7 Å². The van der Waals surface area contributed by atoms with Crippen LogP contribution in [0.2, 0.25) is 5.02 Å². The molecule has 10 heteroatoms. The standard InChI is InChI=1S/C24H27ClN6O3/c1-7-15-11-14(4)20(19(21(15)26-5)24(33)28-13(2)3)29-23(32)17-12-18(34-6)30-31(17)22-16(25)9-8-10-27-22/h7-13H,1-6H3,(H,28,33)(H,29,32)/b15-7-,26-21?. The van der Waals surface area contributed by atoms with Crippen molar-refractivity contribution in [1.29, 1.82) is 0 Å². The van der Waals surface area contributed by atoms with Crippen molar-refractivity contribution in [3.8, 4) is 11.7 Å². The summed E-state index contributed by atoms with van der Waals surface area (Å²) in [5.41, 5.74) is 2.75. The number of carbonyl (C=O) groups is 2. The maximum Gasteiger partial charge on any atom is 0.274 e. The monoisotopic (exact) mass is 482 g/mol. The molecule has 2 aromatic heterocycles. The van der Waals surface area contributed by atoms with Gasteiger partial charge in [-0.25, -0.2) is 9.67 Å². The van der Waals surface area contributed by atoms with Crippen LogP contribution in [0.1, 0.15) is 38.2 Å². The Morgan fingerprint density at radius 1 is 1.29 bits per heavy atom. The summed E-state index contributed by atoms with van der Waals surface area (Å²) in [5, 5.41) is 10.4. The molecule has 2 N–H and O–H groups in total. The van der Waals surface area contributed by atoms with Gasteiger partial charge in [0.05, 0.1) is 29.1 Å². The molecule has 0 atom stereocenters. The van der Waals surface area contributed by atoms with Gasteiger partial charge in [-0.15, -0.1) is 5.10 Å². The lowest BCUT2D eigenvalue weighted by atomic mass is 9.89. The molecule has 0 saturated heterocycles. The highest BCUT2D eigenvalue weighted by atomic mass is 35.5. The van der Waals surface area contributed by atoms with E-state index in [9.17, 15) is 9.59 Å². The quantitative estimate of drug-likeness (QED) is 0.655. The molecule has 0 radical (unpaired) electrons. The fourth-order valence-electron chi connectivity index (χ4n) is 3.50. The second kappa shape index (κ2) is 10.5. The van der Waals surface area contributed by atoms with Crippen LogP contribution in [-0.2, 0) is 4.79 Å². The van der Waals surface area contributed by atoms with E-state index in [-0.39, 0.29) is 34.9 Å². The molecule has 3 rings (SSSR count). The van der Waals surface area contributed by atoms with E-state index in [1.807, 2.05) is 39.8 Å². The number of allylic oxidation sites excluding steroid dienone is 4. The number of pyridine rings is 1. The topological polar surface area (TPSA) is 110 Å². The van der Waals surface area contributed by atoms with Crippen LogP contribution >= 0.6 is 11.6 Å². The van der Waals surface area contributed by atoms with E-state index in [0.29, 0.717) is 22.0 Å². The number of nitrogens with zero attached hydrogens (tertiary/aromatic N) is 4. The normalized spacial score (nSPS) is 16.2. The number of nitrogens with one attached hydrogen (secondary N) is 2. The van der Waals surface area contributed by atoms with E-state index in [1.165, 1.54) is 17.9 Å². The highest BCUT2D eigenvalue weighted by Gasteiger charge is 2.30. The predicted octanol–water partition coefficient (Wildman–Crippen LogP) is 3.41. The number of aromatic nitrogens is 3. The van der Waals surface area contributed by atoms with Gasteiger partial charge in [-0.2, -0.15) is 0 Å². The van der Waals surface area contributed by atoms with Crippen LogP contribution in [0.4, 0.5) is 0 Å². The molecule has 2 heterocycles. The lowest BCUT2D eigenvalue weighted by Crippen LogP contribution is -2.39. The van der Waals surface area contributed by atoms with Crippen LogP contribution in [0, 0.1) is 0 Å². The van der Waals surface area contributed by atoms with Gasteiger partial charge >= 0.3 is 0 Å². The fourth-order valence-corrected chi connectivity index (χ4v) is 3.71. The SMILES string of the molecule is C/C=C1/C=C(C)C(NC(=O)c2cc(OC)nn2-c2ncccc2Cl)=C(C(=O)NC(C)C)C1=NC. The summed E-state index contributed by atoms with van der Waals surface area (Å²) in [4.78, 5) is 35.2. The Kier molecular flexibility index (Phi) is 7.68. The van der Waals surface area contributed by atoms with Crippen LogP contribution in [0.3, 0.4) is 0 Å². The average Bonchev–Trinajstić information content (AvgIpc) is 3.24. The van der Waals surface area contributed by atoms with Gasteiger partial charge < -0.3 is 15.4 Å². The molecular formula is C24H27ClN6O3. The molecule has 1 aliphatic rings. The number of halogens is 1. The van der Waals surface area contributed by atoms with Crippen LogP contribution in [0.15, 0.2) is 64.0 Å². The van der Waals surface area contributed by atoms with Gasteiger partial charge in [0, 0.05) is 25.4 Å². The van der Waals surface area contributed by atoms with Crippen molar-refractivity contribution in [3.05, 3.63) is 69.7 Å². The molecule has 0 saturated carbocycles. The zero-order chi connectivity index (χ0) is 25.0. The Labute approximate surface area is 203 Å². The third kappa shape index (κ3) is 4.94. The van der Waals surface area contributed by atoms with Gasteiger partial charge in [-0.05, 0) is 57.0 Å². The summed E-state index contributed by atoms with van der Waals surface area (Å²) in [6, 6.07) is 4.69. The maximum atomic E-state index is 13.5. The largest absolute Gasteiger partial charge is 0.480 e. The van der Waals surface area contributed by atoms with Crippen molar-refractivity contribution in [2.45, 2.75) is 33.7 Å². The Hall–Kier alpha value is -3.72. The Morgan fingerprint density at radius 3 is 2.62 bits per heavy atom. The van der Waals surface area contributed by atoms with Crippen molar-refractivity contribution >= 4 is 29.1 Å². The minimum atomic E-state index is -0.519. The number of hydrogen-bond acceptors (Lipinski definition) is 6. The van der Waals surface area contributed by atoms with Gasteiger partial charge in [0.1, 0.15) is 5.69 Å². The first-order chi connectivity index (χ1) is 16.2. The first-order valence-corrected chi connectivity index (χ1v) is 11.0. The summed E-state index contributed by atoms with van der Waals surface area (Å²) in [6.07, 6.45) is 5.29. The van der Waals surface area contributed by atoms with Crippen LogP contribution in [0.25, 0.3) is 5.82 Å². The van der Waals surface area contributed by atoms with Crippen LogP contribution < -0.4 is 15.4 Å². The zero-order valence-corrected chi connectivity index (χ0v) is 20.7. The van der Waals surface area contributed by atoms with E-state index in [4.69, 9.17) is 16.3 Å². The molecule has 0 aliphatic heterocycles. The Balaban J connectivity index is 2.13. The van der Waals surface area contributed by atoms with E-state index < -0.39 is 5.91 Å². The van der Waals surface area contributed by atoms with Crippen molar-refractivity contribution in [2.75, 3.05) is 14.2 Å². The lowest BCUT2D eigenvalue weighted by Gasteiger charge is -2.24. The first kappa shape index (κ1) is 24.9. The van der Waals surface area contributed by atoms with E-state index in [0.717, 1.165) is 5.57 Å². The molecule has 0 aromatic carbocycles. The van der Waals surface area contributed by atoms with Crippen LogP contribution in [0.5, 0.6) is 5.88 Å². The smallest absolute Gasteiger partial charge is 0.274 e. The molecule has 9 nitrogen and oxygen atoms in total. The van der Waals surface area contributed by atoms with Gasteiger partial charge in [-0.1, -0.05) is 17.7 Å². The molecule has 178 valence electrons. The van der Waals surface area contributed by atoms with Gasteiger partial charge in [-0.3, -0.25) is 14.6 Å². The molecule has 2 aromatic rings. The van der Waals surface area contributed by atoms with Crippen molar-refractivity contribution in [3.63, 3.8) is 0 Å². The van der Waals surface area contributed by atoms with E-state index >= 15 is 0 Å². The molecule has 0 bridgehead atoms. The van der Waals surface area contributed by atoms with Crippen molar-refractivity contribution < 1.29 is 14.3 Å². The number of carbonyl (C=O) groups excluding carboxylic acids is 2. The second-order valence-corrected chi connectivity index (χ2v) is 8.18. The summed E-state index contributed by atoms with van der Waals surface area (Å²) >= 11 is 6.30. The molecule has 2 amide bonds. The Bertz CT molecular complexity index is 1250. The van der Waals surface area contributed by atoms with Crippen molar-refractivity contribution in [2.24, 2.45) is 4.99 Å². The minimum absolute atomic E-state index is 0.104. The molecule has 0 fully saturated rings. The van der Waals surface area contributed by atoms with Crippen molar-refractivity contribution in [1.82, 2.24) is 25.4 Å². The average molecular weight is 483 g/mol. The zero-order valence-electron chi connectivity index (χ0n) is 19.9. The van der Waals surface area contributed by atoms with Gasteiger partial charge in [0.15, 0.2) is 5.82 Å². The second-order valence-electron chi connectivity index (χ2n) is 7.77. The number of hydrogen-bond donors (Lipinski definition) is 2. The third-order valence-electron chi connectivity index (χ3n) is 5.01. The highest BCUT2D eigenvalue weighted by Crippen LogP contribution is 2.27.